The Morgan fingerprint density at radius 1 is 1.43 bits per heavy atom. The van der Waals surface area contributed by atoms with Gasteiger partial charge in [0.15, 0.2) is 0 Å². The lowest BCUT2D eigenvalue weighted by molar-refractivity contribution is 1.16. The van der Waals surface area contributed by atoms with E-state index in [1.54, 1.807) is 6.20 Å². The molecule has 2 N–H and O–H groups in total. The SMILES string of the molecule is CCc1cccc2c(N)ncc(Br)c12. The molecule has 0 amide bonds. The van der Waals surface area contributed by atoms with Crippen LogP contribution in [-0.4, -0.2) is 4.98 Å². The van der Waals surface area contributed by atoms with Crippen molar-refractivity contribution in [1.82, 2.24) is 4.98 Å². The normalized spacial score (nSPS) is 10.7. The van der Waals surface area contributed by atoms with Crippen LogP contribution in [0.25, 0.3) is 10.8 Å². The fraction of sp³-hybridized carbons (Fsp3) is 0.182. The van der Waals surface area contributed by atoms with Crippen LogP contribution in [0.15, 0.2) is 28.9 Å². The first-order chi connectivity index (χ1) is 6.74. The van der Waals surface area contributed by atoms with E-state index in [1.807, 2.05) is 12.1 Å². The summed E-state index contributed by atoms with van der Waals surface area (Å²) in [4.78, 5) is 4.11. The van der Waals surface area contributed by atoms with Gasteiger partial charge in [0.05, 0.1) is 0 Å². The lowest BCUT2D eigenvalue weighted by atomic mass is 10.0. The van der Waals surface area contributed by atoms with Crippen molar-refractivity contribution in [3.8, 4) is 0 Å². The number of halogens is 1. The van der Waals surface area contributed by atoms with E-state index in [2.05, 4.69) is 33.9 Å². The van der Waals surface area contributed by atoms with E-state index in [0.717, 1.165) is 16.3 Å². The number of fused-ring (bicyclic) bond motifs is 1. The number of rotatable bonds is 1. The second kappa shape index (κ2) is 3.58. The molecule has 0 aliphatic carbocycles. The van der Waals surface area contributed by atoms with Gasteiger partial charge in [-0.25, -0.2) is 4.98 Å². The van der Waals surface area contributed by atoms with Gasteiger partial charge in [-0.05, 0) is 27.9 Å². The van der Waals surface area contributed by atoms with Crippen molar-refractivity contribution >= 4 is 32.5 Å². The molecule has 2 aromatic rings. The predicted octanol–water partition coefficient (Wildman–Crippen LogP) is 3.14. The largest absolute Gasteiger partial charge is 0.383 e. The van der Waals surface area contributed by atoms with Gasteiger partial charge in [0.1, 0.15) is 5.82 Å². The van der Waals surface area contributed by atoms with Crippen LogP contribution >= 0.6 is 15.9 Å². The summed E-state index contributed by atoms with van der Waals surface area (Å²) in [6.07, 6.45) is 2.76. The Morgan fingerprint density at radius 3 is 2.93 bits per heavy atom. The summed E-state index contributed by atoms with van der Waals surface area (Å²) in [5.41, 5.74) is 7.11. The Labute approximate surface area is 91.3 Å². The zero-order valence-corrected chi connectivity index (χ0v) is 9.51. The minimum absolute atomic E-state index is 0.596. The Balaban J connectivity index is 2.92. The second-order valence-electron chi connectivity index (χ2n) is 3.18. The number of hydrogen-bond donors (Lipinski definition) is 1. The highest BCUT2D eigenvalue weighted by atomic mass is 79.9. The summed E-state index contributed by atoms with van der Waals surface area (Å²) < 4.78 is 1.01. The van der Waals surface area contributed by atoms with Crippen molar-refractivity contribution in [3.05, 3.63) is 34.4 Å². The molecule has 1 aromatic carbocycles. The molecule has 1 aromatic heterocycles. The average molecular weight is 251 g/mol. The number of benzene rings is 1. The van der Waals surface area contributed by atoms with E-state index in [9.17, 15) is 0 Å². The highest BCUT2D eigenvalue weighted by molar-refractivity contribution is 9.10. The van der Waals surface area contributed by atoms with Crippen molar-refractivity contribution in [2.75, 3.05) is 5.73 Å². The lowest BCUT2D eigenvalue weighted by Gasteiger charge is -2.07. The molecule has 0 fully saturated rings. The first-order valence-corrected chi connectivity index (χ1v) is 5.35. The summed E-state index contributed by atoms with van der Waals surface area (Å²) in [6.45, 7) is 2.14. The van der Waals surface area contributed by atoms with Gasteiger partial charge in [-0.15, -0.1) is 0 Å². The molecule has 0 radical (unpaired) electrons. The van der Waals surface area contributed by atoms with Crippen molar-refractivity contribution in [3.63, 3.8) is 0 Å². The van der Waals surface area contributed by atoms with Gasteiger partial charge in [-0.3, -0.25) is 0 Å². The van der Waals surface area contributed by atoms with Crippen molar-refractivity contribution in [1.29, 1.82) is 0 Å². The highest BCUT2D eigenvalue weighted by Crippen LogP contribution is 2.29. The van der Waals surface area contributed by atoms with Gasteiger partial charge in [0, 0.05) is 21.4 Å². The molecule has 14 heavy (non-hydrogen) atoms. The quantitative estimate of drug-likeness (QED) is 0.845. The van der Waals surface area contributed by atoms with E-state index in [1.165, 1.54) is 10.9 Å². The van der Waals surface area contributed by atoms with Crippen molar-refractivity contribution in [2.45, 2.75) is 13.3 Å². The molecule has 2 rings (SSSR count). The molecule has 0 spiro atoms. The Hall–Kier alpha value is -1.09. The standard InChI is InChI=1S/C11H11BrN2/c1-2-7-4-3-5-8-10(7)9(12)6-14-11(8)13/h3-6H,2H2,1H3,(H2,13,14). The topological polar surface area (TPSA) is 38.9 Å². The third-order valence-electron chi connectivity index (χ3n) is 2.36. The molecular weight excluding hydrogens is 240 g/mol. The van der Waals surface area contributed by atoms with Gasteiger partial charge in [-0.2, -0.15) is 0 Å². The minimum Gasteiger partial charge on any atom is -0.383 e. The highest BCUT2D eigenvalue weighted by Gasteiger charge is 2.06. The van der Waals surface area contributed by atoms with Crippen LogP contribution in [0.5, 0.6) is 0 Å². The maximum Gasteiger partial charge on any atom is 0.131 e. The van der Waals surface area contributed by atoms with Crippen LogP contribution in [-0.2, 0) is 6.42 Å². The van der Waals surface area contributed by atoms with Crippen molar-refractivity contribution < 1.29 is 0 Å². The second-order valence-corrected chi connectivity index (χ2v) is 4.04. The van der Waals surface area contributed by atoms with E-state index >= 15 is 0 Å². The number of nitrogens with two attached hydrogens (primary N) is 1. The number of nitrogens with zero attached hydrogens (tertiary/aromatic N) is 1. The summed E-state index contributed by atoms with van der Waals surface area (Å²) in [7, 11) is 0. The molecule has 72 valence electrons. The van der Waals surface area contributed by atoms with Crippen LogP contribution in [0.4, 0.5) is 5.82 Å². The summed E-state index contributed by atoms with van der Waals surface area (Å²) in [5, 5.41) is 2.21. The van der Waals surface area contributed by atoms with Gasteiger partial charge >= 0.3 is 0 Å². The summed E-state index contributed by atoms with van der Waals surface area (Å²) in [6, 6.07) is 6.14. The van der Waals surface area contributed by atoms with Gasteiger partial charge < -0.3 is 5.73 Å². The van der Waals surface area contributed by atoms with E-state index in [0.29, 0.717) is 5.82 Å². The minimum atomic E-state index is 0.596. The average Bonchev–Trinajstić information content (AvgIpc) is 2.23. The zero-order chi connectivity index (χ0) is 10.1. The molecule has 3 heteroatoms. The Morgan fingerprint density at radius 2 is 2.21 bits per heavy atom. The number of nitrogen functional groups attached to an aromatic ring is 1. The third kappa shape index (κ3) is 1.38. The third-order valence-corrected chi connectivity index (χ3v) is 2.96. The number of aromatic nitrogens is 1. The van der Waals surface area contributed by atoms with Crippen LogP contribution < -0.4 is 5.73 Å². The first-order valence-electron chi connectivity index (χ1n) is 4.55. The molecule has 0 aliphatic heterocycles. The molecule has 0 atom stereocenters. The number of aryl methyl sites for hydroxylation is 1. The summed E-state index contributed by atoms with van der Waals surface area (Å²) >= 11 is 3.50. The van der Waals surface area contributed by atoms with Crippen LogP contribution in [0.2, 0.25) is 0 Å². The molecule has 0 bridgehead atoms. The monoisotopic (exact) mass is 250 g/mol. The molecular formula is C11H11BrN2. The Bertz CT molecular complexity index is 480. The smallest absolute Gasteiger partial charge is 0.131 e. The van der Waals surface area contributed by atoms with E-state index in [4.69, 9.17) is 5.73 Å². The predicted molar refractivity (Wildman–Crippen MR) is 63.2 cm³/mol. The van der Waals surface area contributed by atoms with Crippen molar-refractivity contribution in [2.24, 2.45) is 0 Å². The molecule has 0 aliphatic rings. The molecule has 0 saturated heterocycles. The van der Waals surface area contributed by atoms with E-state index in [-0.39, 0.29) is 0 Å². The maximum atomic E-state index is 5.82. The Kier molecular flexibility index (Phi) is 2.42. The molecule has 1 heterocycles. The maximum absolute atomic E-state index is 5.82. The summed E-state index contributed by atoms with van der Waals surface area (Å²) in [5.74, 6) is 0.596. The van der Waals surface area contributed by atoms with Crippen LogP contribution in [0.3, 0.4) is 0 Å². The first kappa shape index (κ1) is 9.46. The number of anilines is 1. The lowest BCUT2D eigenvalue weighted by Crippen LogP contribution is -1.94. The number of hydrogen-bond acceptors (Lipinski definition) is 2. The molecule has 0 unspecified atom stereocenters. The molecule has 2 nitrogen and oxygen atoms in total. The zero-order valence-electron chi connectivity index (χ0n) is 7.92. The number of pyridine rings is 1. The fourth-order valence-electron chi connectivity index (χ4n) is 1.65. The molecule has 0 saturated carbocycles. The van der Waals surface area contributed by atoms with Gasteiger partial charge in [0.2, 0.25) is 0 Å². The fourth-order valence-corrected chi connectivity index (χ4v) is 2.22. The van der Waals surface area contributed by atoms with Crippen LogP contribution in [0, 0.1) is 0 Å². The van der Waals surface area contributed by atoms with Gasteiger partial charge in [0.25, 0.3) is 0 Å². The van der Waals surface area contributed by atoms with Gasteiger partial charge in [-0.1, -0.05) is 25.1 Å². The van der Waals surface area contributed by atoms with E-state index < -0.39 is 0 Å². The van der Waals surface area contributed by atoms with Crippen LogP contribution in [0.1, 0.15) is 12.5 Å².